The Balaban J connectivity index is 1.97. The molecular weight excluding hydrogens is 296 g/mol. The molecule has 0 aromatic heterocycles. The minimum absolute atomic E-state index is 0.793. The molecule has 0 bridgehead atoms. The number of rotatable bonds is 12. The topological polar surface area (TPSA) is 18.5 Å². The minimum Gasteiger partial charge on any atom is -0.493 e. The second kappa shape index (κ2) is 11.0. The van der Waals surface area contributed by atoms with Gasteiger partial charge in [0.25, 0.3) is 0 Å². The Morgan fingerprint density at radius 2 is 1.04 bits per heavy atom. The van der Waals surface area contributed by atoms with Crippen molar-refractivity contribution in [2.75, 3.05) is 13.2 Å². The first-order chi connectivity index (χ1) is 11.9. The van der Waals surface area contributed by atoms with Crippen LogP contribution in [0.25, 0.3) is 10.8 Å². The molecule has 0 unspecified atom stereocenters. The number of fused-ring (bicyclic) bond motifs is 1. The predicted molar refractivity (Wildman–Crippen MR) is 103 cm³/mol. The Bertz CT molecular complexity index is 539. The van der Waals surface area contributed by atoms with Gasteiger partial charge in [0, 0.05) is 10.8 Å². The van der Waals surface area contributed by atoms with Crippen LogP contribution < -0.4 is 9.47 Å². The van der Waals surface area contributed by atoms with E-state index in [1.165, 1.54) is 38.5 Å². The SMILES string of the molecule is CCCCCCOc1ccc(OCCCCCC)c2ccccc12. The number of hydrogen-bond acceptors (Lipinski definition) is 2. The minimum atomic E-state index is 0.793. The number of unbranched alkanes of at least 4 members (excludes halogenated alkanes) is 6. The fourth-order valence-corrected chi connectivity index (χ4v) is 2.92. The van der Waals surface area contributed by atoms with E-state index in [-0.39, 0.29) is 0 Å². The molecule has 0 saturated carbocycles. The van der Waals surface area contributed by atoms with Crippen LogP contribution in [0, 0.1) is 0 Å². The molecule has 0 aliphatic heterocycles. The number of benzene rings is 2. The van der Waals surface area contributed by atoms with E-state index in [0.29, 0.717) is 0 Å². The van der Waals surface area contributed by atoms with Crippen LogP contribution in [-0.4, -0.2) is 13.2 Å². The lowest BCUT2D eigenvalue weighted by Gasteiger charge is -2.13. The summed E-state index contributed by atoms with van der Waals surface area (Å²) in [6.45, 7) is 6.05. The maximum Gasteiger partial charge on any atom is 0.127 e. The lowest BCUT2D eigenvalue weighted by molar-refractivity contribution is 0.302. The summed E-state index contributed by atoms with van der Waals surface area (Å²) in [5, 5.41) is 2.30. The van der Waals surface area contributed by atoms with Gasteiger partial charge in [-0.15, -0.1) is 0 Å². The van der Waals surface area contributed by atoms with Crippen molar-refractivity contribution in [1.82, 2.24) is 0 Å². The van der Waals surface area contributed by atoms with Crippen molar-refractivity contribution < 1.29 is 9.47 Å². The van der Waals surface area contributed by atoms with Crippen LogP contribution in [0.5, 0.6) is 11.5 Å². The van der Waals surface area contributed by atoms with Crippen molar-refractivity contribution >= 4 is 10.8 Å². The van der Waals surface area contributed by atoms with Crippen LogP contribution in [0.4, 0.5) is 0 Å². The van der Waals surface area contributed by atoms with Crippen LogP contribution in [0.3, 0.4) is 0 Å². The zero-order chi connectivity index (χ0) is 17.0. The first kappa shape index (κ1) is 18.6. The van der Waals surface area contributed by atoms with E-state index in [1.54, 1.807) is 0 Å². The molecule has 2 aromatic rings. The normalized spacial score (nSPS) is 10.9. The van der Waals surface area contributed by atoms with Crippen molar-refractivity contribution in [3.8, 4) is 11.5 Å². The largest absolute Gasteiger partial charge is 0.493 e. The van der Waals surface area contributed by atoms with Gasteiger partial charge >= 0.3 is 0 Å². The highest BCUT2D eigenvalue weighted by Gasteiger charge is 2.07. The molecule has 2 aromatic carbocycles. The van der Waals surface area contributed by atoms with E-state index in [0.717, 1.165) is 48.3 Å². The van der Waals surface area contributed by atoms with Crippen molar-refractivity contribution in [2.45, 2.75) is 65.2 Å². The highest BCUT2D eigenvalue weighted by atomic mass is 16.5. The number of ether oxygens (including phenoxy) is 2. The Hall–Kier alpha value is -1.70. The van der Waals surface area contributed by atoms with Gasteiger partial charge in [0.2, 0.25) is 0 Å². The Morgan fingerprint density at radius 3 is 1.46 bits per heavy atom. The zero-order valence-electron chi connectivity index (χ0n) is 15.4. The molecule has 2 nitrogen and oxygen atoms in total. The van der Waals surface area contributed by atoms with Crippen LogP contribution in [0.2, 0.25) is 0 Å². The van der Waals surface area contributed by atoms with Crippen LogP contribution >= 0.6 is 0 Å². The van der Waals surface area contributed by atoms with Gasteiger partial charge in [0.05, 0.1) is 13.2 Å². The summed E-state index contributed by atoms with van der Waals surface area (Å²) < 4.78 is 12.0. The third-order valence-electron chi connectivity index (χ3n) is 4.35. The third-order valence-corrected chi connectivity index (χ3v) is 4.35. The van der Waals surface area contributed by atoms with E-state index in [9.17, 15) is 0 Å². The Labute approximate surface area is 147 Å². The molecule has 0 fully saturated rings. The van der Waals surface area contributed by atoms with Gasteiger partial charge in [0.1, 0.15) is 11.5 Å². The summed E-state index contributed by atoms with van der Waals surface area (Å²) in [6.07, 6.45) is 9.82. The summed E-state index contributed by atoms with van der Waals surface area (Å²) >= 11 is 0. The van der Waals surface area contributed by atoms with Crippen molar-refractivity contribution in [2.24, 2.45) is 0 Å². The molecule has 0 N–H and O–H groups in total. The third kappa shape index (κ3) is 5.74. The standard InChI is InChI=1S/C22H32O2/c1-3-5-7-11-17-23-21-15-16-22(24-18-12-8-6-4-2)20-14-10-9-13-19(20)21/h9-10,13-16H,3-8,11-12,17-18H2,1-2H3. The fourth-order valence-electron chi connectivity index (χ4n) is 2.92. The van der Waals surface area contributed by atoms with E-state index >= 15 is 0 Å². The molecule has 0 amide bonds. The first-order valence-electron chi connectivity index (χ1n) is 9.64. The van der Waals surface area contributed by atoms with Gasteiger partial charge < -0.3 is 9.47 Å². The number of hydrogen-bond donors (Lipinski definition) is 0. The predicted octanol–water partition coefficient (Wildman–Crippen LogP) is 6.76. The molecule has 0 aliphatic carbocycles. The van der Waals surface area contributed by atoms with Gasteiger partial charge in [-0.1, -0.05) is 76.6 Å². The molecule has 0 radical (unpaired) electrons. The van der Waals surface area contributed by atoms with Gasteiger partial charge in [-0.3, -0.25) is 0 Å². The summed E-state index contributed by atoms with van der Waals surface area (Å²) in [5.41, 5.74) is 0. The highest BCUT2D eigenvalue weighted by Crippen LogP contribution is 2.33. The van der Waals surface area contributed by atoms with Crippen LogP contribution in [0.15, 0.2) is 36.4 Å². The second-order valence-corrected chi connectivity index (χ2v) is 6.43. The molecule has 2 rings (SSSR count). The van der Waals surface area contributed by atoms with Crippen molar-refractivity contribution in [1.29, 1.82) is 0 Å². The van der Waals surface area contributed by atoms with Crippen LogP contribution in [0.1, 0.15) is 65.2 Å². The summed E-state index contributed by atoms with van der Waals surface area (Å²) in [4.78, 5) is 0. The highest BCUT2D eigenvalue weighted by molar-refractivity contribution is 5.93. The monoisotopic (exact) mass is 328 g/mol. The van der Waals surface area contributed by atoms with E-state index in [4.69, 9.17) is 9.47 Å². The average Bonchev–Trinajstić information content (AvgIpc) is 2.62. The molecule has 0 heterocycles. The Morgan fingerprint density at radius 1 is 0.583 bits per heavy atom. The average molecular weight is 328 g/mol. The van der Waals surface area contributed by atoms with Crippen LogP contribution in [-0.2, 0) is 0 Å². The van der Waals surface area contributed by atoms with E-state index in [2.05, 4.69) is 50.2 Å². The molecule has 0 spiro atoms. The second-order valence-electron chi connectivity index (χ2n) is 6.43. The summed E-state index contributed by atoms with van der Waals surface area (Å²) in [6, 6.07) is 12.5. The van der Waals surface area contributed by atoms with Gasteiger partial charge in [-0.2, -0.15) is 0 Å². The van der Waals surface area contributed by atoms with Gasteiger partial charge in [-0.05, 0) is 25.0 Å². The fraction of sp³-hybridized carbons (Fsp3) is 0.545. The van der Waals surface area contributed by atoms with Gasteiger partial charge in [-0.25, -0.2) is 0 Å². The smallest absolute Gasteiger partial charge is 0.127 e. The van der Waals surface area contributed by atoms with E-state index < -0.39 is 0 Å². The van der Waals surface area contributed by atoms with Crippen molar-refractivity contribution in [3.63, 3.8) is 0 Å². The molecule has 132 valence electrons. The van der Waals surface area contributed by atoms with E-state index in [1.807, 2.05) is 0 Å². The maximum absolute atomic E-state index is 6.02. The first-order valence-corrected chi connectivity index (χ1v) is 9.64. The molecular formula is C22H32O2. The zero-order valence-corrected chi connectivity index (χ0v) is 15.4. The maximum atomic E-state index is 6.02. The quantitative estimate of drug-likeness (QED) is 0.401. The molecule has 0 saturated heterocycles. The summed E-state index contributed by atoms with van der Waals surface area (Å²) in [5.74, 6) is 1.95. The molecule has 0 aliphatic rings. The summed E-state index contributed by atoms with van der Waals surface area (Å²) in [7, 11) is 0. The lowest BCUT2D eigenvalue weighted by atomic mass is 10.1. The van der Waals surface area contributed by atoms with Gasteiger partial charge in [0.15, 0.2) is 0 Å². The Kier molecular flexibility index (Phi) is 8.51. The molecule has 0 atom stereocenters. The lowest BCUT2D eigenvalue weighted by Crippen LogP contribution is -2.00. The molecule has 2 heteroatoms. The molecule has 24 heavy (non-hydrogen) atoms. The van der Waals surface area contributed by atoms with Crippen molar-refractivity contribution in [3.05, 3.63) is 36.4 Å².